The van der Waals surface area contributed by atoms with Crippen molar-refractivity contribution in [3.05, 3.63) is 71.8 Å². The molecule has 1 amide bonds. The summed E-state index contributed by atoms with van der Waals surface area (Å²) in [6.07, 6.45) is -1.24. The number of hydrogen-bond acceptors (Lipinski definition) is 3. The van der Waals surface area contributed by atoms with Crippen LogP contribution in [0.3, 0.4) is 0 Å². The number of carbonyl (C=O) groups excluding carboxylic acids is 1. The van der Waals surface area contributed by atoms with Crippen LogP contribution in [0.4, 0.5) is 0 Å². The van der Waals surface area contributed by atoms with Gasteiger partial charge in [-0.3, -0.25) is 4.79 Å². The Kier molecular flexibility index (Phi) is 4.87. The summed E-state index contributed by atoms with van der Waals surface area (Å²) in [5.74, 6) is -0.529. The maximum absolute atomic E-state index is 12.0. The van der Waals surface area contributed by atoms with Crippen LogP contribution >= 0.6 is 0 Å². The largest absolute Gasteiger partial charge is 0.394 e. The van der Waals surface area contributed by atoms with Gasteiger partial charge in [0.2, 0.25) is 0 Å². The fourth-order valence-corrected chi connectivity index (χ4v) is 1.96. The fraction of sp³-hybridized carbons (Fsp3) is 0.188. The first-order chi connectivity index (χ1) is 9.72. The molecule has 104 valence electrons. The van der Waals surface area contributed by atoms with Crippen molar-refractivity contribution >= 4 is 5.91 Å². The van der Waals surface area contributed by atoms with E-state index >= 15 is 0 Å². The highest BCUT2D eigenvalue weighted by Gasteiger charge is 2.21. The second-order valence-corrected chi connectivity index (χ2v) is 4.47. The molecule has 0 aliphatic carbocycles. The molecule has 4 nitrogen and oxygen atoms in total. The van der Waals surface area contributed by atoms with Crippen LogP contribution in [0.2, 0.25) is 0 Å². The summed E-state index contributed by atoms with van der Waals surface area (Å²) >= 11 is 0. The van der Waals surface area contributed by atoms with E-state index in [9.17, 15) is 15.0 Å². The Bertz CT molecular complexity index is 542. The molecule has 4 heteroatoms. The zero-order chi connectivity index (χ0) is 14.4. The van der Waals surface area contributed by atoms with Crippen molar-refractivity contribution in [3.63, 3.8) is 0 Å². The number of benzene rings is 2. The van der Waals surface area contributed by atoms with Gasteiger partial charge in [0.15, 0.2) is 6.10 Å². The van der Waals surface area contributed by atoms with E-state index in [1.165, 1.54) is 0 Å². The van der Waals surface area contributed by atoms with E-state index < -0.39 is 18.1 Å². The second kappa shape index (κ2) is 6.84. The third kappa shape index (κ3) is 3.44. The van der Waals surface area contributed by atoms with Gasteiger partial charge in [-0.1, -0.05) is 60.7 Å². The lowest BCUT2D eigenvalue weighted by Crippen LogP contribution is -2.34. The van der Waals surface area contributed by atoms with E-state index in [1.807, 2.05) is 36.4 Å². The first kappa shape index (κ1) is 14.2. The Balaban J connectivity index is 2.06. The third-order valence-electron chi connectivity index (χ3n) is 3.06. The molecule has 2 atom stereocenters. The van der Waals surface area contributed by atoms with Crippen molar-refractivity contribution in [2.45, 2.75) is 12.1 Å². The van der Waals surface area contributed by atoms with Gasteiger partial charge >= 0.3 is 0 Å². The zero-order valence-electron chi connectivity index (χ0n) is 10.9. The van der Waals surface area contributed by atoms with Gasteiger partial charge in [-0.2, -0.15) is 0 Å². The van der Waals surface area contributed by atoms with Crippen LogP contribution in [0.15, 0.2) is 60.7 Å². The summed E-state index contributed by atoms with van der Waals surface area (Å²) < 4.78 is 0. The van der Waals surface area contributed by atoms with Crippen LogP contribution in [0.5, 0.6) is 0 Å². The Morgan fingerprint density at radius 3 is 1.95 bits per heavy atom. The molecule has 0 spiro atoms. The molecule has 0 radical (unpaired) electrons. The standard InChI is InChI=1S/C16H17NO3/c18-11-14(12-7-3-1-4-8-12)17-16(20)15(19)13-9-5-2-6-10-13/h1-10,14-15,18-19H,11H2,(H,17,20)/t14-,15-/m1/s1. The lowest BCUT2D eigenvalue weighted by molar-refractivity contribution is -0.130. The lowest BCUT2D eigenvalue weighted by atomic mass is 10.1. The highest BCUT2D eigenvalue weighted by molar-refractivity contribution is 5.82. The summed E-state index contributed by atoms with van der Waals surface area (Å²) in [4.78, 5) is 12.0. The quantitative estimate of drug-likeness (QED) is 0.773. The fourth-order valence-electron chi connectivity index (χ4n) is 1.96. The van der Waals surface area contributed by atoms with Gasteiger partial charge in [0, 0.05) is 0 Å². The van der Waals surface area contributed by atoms with Crippen molar-refractivity contribution in [2.24, 2.45) is 0 Å². The smallest absolute Gasteiger partial charge is 0.254 e. The summed E-state index contributed by atoms with van der Waals surface area (Å²) in [5, 5.41) is 22.0. The minimum absolute atomic E-state index is 0.225. The second-order valence-electron chi connectivity index (χ2n) is 4.47. The molecule has 0 fully saturated rings. The van der Waals surface area contributed by atoms with E-state index in [4.69, 9.17) is 0 Å². The highest BCUT2D eigenvalue weighted by atomic mass is 16.3. The van der Waals surface area contributed by atoms with Crippen molar-refractivity contribution in [1.29, 1.82) is 0 Å². The third-order valence-corrected chi connectivity index (χ3v) is 3.06. The van der Waals surface area contributed by atoms with Crippen molar-refractivity contribution in [3.8, 4) is 0 Å². The van der Waals surface area contributed by atoms with Crippen LogP contribution in [0.25, 0.3) is 0 Å². The molecule has 2 aromatic carbocycles. The van der Waals surface area contributed by atoms with Crippen LogP contribution < -0.4 is 5.32 Å². The molecular formula is C16H17NO3. The van der Waals surface area contributed by atoms with Crippen molar-refractivity contribution in [2.75, 3.05) is 6.61 Å². The van der Waals surface area contributed by atoms with E-state index in [2.05, 4.69) is 5.32 Å². The number of rotatable bonds is 5. The molecule has 0 bridgehead atoms. The maximum atomic E-state index is 12.0. The Labute approximate surface area is 117 Å². The molecule has 0 aliphatic rings. The normalized spacial score (nSPS) is 13.5. The maximum Gasteiger partial charge on any atom is 0.254 e. The van der Waals surface area contributed by atoms with Gasteiger partial charge < -0.3 is 15.5 Å². The predicted molar refractivity (Wildman–Crippen MR) is 75.8 cm³/mol. The topological polar surface area (TPSA) is 69.6 Å². The van der Waals surface area contributed by atoms with Crippen molar-refractivity contribution < 1.29 is 15.0 Å². The van der Waals surface area contributed by atoms with E-state index in [0.29, 0.717) is 5.56 Å². The Morgan fingerprint density at radius 1 is 0.950 bits per heavy atom. The monoisotopic (exact) mass is 271 g/mol. The molecule has 20 heavy (non-hydrogen) atoms. The van der Waals surface area contributed by atoms with Gasteiger partial charge in [-0.25, -0.2) is 0 Å². The molecule has 0 saturated heterocycles. The number of aliphatic hydroxyl groups excluding tert-OH is 2. The van der Waals surface area contributed by atoms with Gasteiger partial charge in [-0.05, 0) is 11.1 Å². The minimum Gasteiger partial charge on any atom is -0.394 e. The molecule has 2 aromatic rings. The number of carbonyl (C=O) groups is 1. The summed E-state index contributed by atoms with van der Waals surface area (Å²) in [6, 6.07) is 17.3. The molecule has 3 N–H and O–H groups in total. The van der Waals surface area contributed by atoms with Gasteiger partial charge in [0.25, 0.3) is 5.91 Å². The van der Waals surface area contributed by atoms with Crippen LogP contribution in [-0.4, -0.2) is 22.7 Å². The van der Waals surface area contributed by atoms with E-state index in [0.717, 1.165) is 5.56 Å². The molecule has 0 saturated carbocycles. The summed E-state index contributed by atoms with van der Waals surface area (Å²) in [6.45, 7) is -0.225. The summed E-state index contributed by atoms with van der Waals surface area (Å²) in [5.41, 5.74) is 1.32. The average Bonchev–Trinajstić information content (AvgIpc) is 2.53. The van der Waals surface area contributed by atoms with Gasteiger partial charge in [-0.15, -0.1) is 0 Å². The Hall–Kier alpha value is -2.17. The SMILES string of the molecule is O=C(N[C@H](CO)c1ccccc1)[C@H](O)c1ccccc1. The van der Waals surface area contributed by atoms with Crippen LogP contribution in [-0.2, 0) is 4.79 Å². The molecule has 2 rings (SSSR count). The first-order valence-corrected chi connectivity index (χ1v) is 6.41. The van der Waals surface area contributed by atoms with E-state index in [1.54, 1.807) is 24.3 Å². The predicted octanol–water partition coefficient (Wildman–Crippen LogP) is 1.57. The number of aliphatic hydroxyl groups is 2. The molecular weight excluding hydrogens is 254 g/mol. The Morgan fingerprint density at radius 2 is 1.45 bits per heavy atom. The number of nitrogens with one attached hydrogen (secondary N) is 1. The minimum atomic E-state index is -1.24. The first-order valence-electron chi connectivity index (χ1n) is 6.41. The van der Waals surface area contributed by atoms with E-state index in [-0.39, 0.29) is 6.61 Å². The van der Waals surface area contributed by atoms with Crippen LogP contribution in [0.1, 0.15) is 23.3 Å². The number of hydrogen-bond donors (Lipinski definition) is 3. The molecule has 0 unspecified atom stereocenters. The summed E-state index contributed by atoms with van der Waals surface area (Å²) in [7, 11) is 0. The number of amides is 1. The van der Waals surface area contributed by atoms with Crippen molar-refractivity contribution in [1.82, 2.24) is 5.32 Å². The molecule has 0 heterocycles. The van der Waals surface area contributed by atoms with Crippen LogP contribution in [0, 0.1) is 0 Å². The van der Waals surface area contributed by atoms with Gasteiger partial charge in [0.1, 0.15) is 0 Å². The lowest BCUT2D eigenvalue weighted by Gasteiger charge is -2.19. The van der Waals surface area contributed by atoms with Gasteiger partial charge in [0.05, 0.1) is 12.6 Å². The molecule has 0 aromatic heterocycles. The highest BCUT2D eigenvalue weighted by Crippen LogP contribution is 2.16. The molecule has 0 aliphatic heterocycles. The zero-order valence-corrected chi connectivity index (χ0v) is 10.9. The average molecular weight is 271 g/mol.